The quantitative estimate of drug-likeness (QED) is 0.0242. The number of aliphatic carboxylic acids is 1. The highest BCUT2D eigenvalue weighted by molar-refractivity contribution is 7.99. The topological polar surface area (TPSA) is 389 Å². The second-order valence-electron chi connectivity index (χ2n) is 23.0. The molecule has 1 unspecified atom stereocenters. The summed E-state index contributed by atoms with van der Waals surface area (Å²) in [5, 5.41) is 36.5. The molecule has 16 N–H and O–H groups in total. The number of aliphatic hydroxyl groups is 1. The molecule has 0 aliphatic carbocycles. The highest BCUT2D eigenvalue weighted by Crippen LogP contribution is 2.17. The van der Waals surface area contributed by atoms with Gasteiger partial charge in [0, 0.05) is 30.8 Å². The van der Waals surface area contributed by atoms with Crippen LogP contribution in [0.3, 0.4) is 0 Å². The summed E-state index contributed by atoms with van der Waals surface area (Å²) in [6.45, 7) is 6.52. The molecule has 0 saturated carbocycles. The van der Waals surface area contributed by atoms with Crippen LogP contribution in [0.1, 0.15) is 252 Å². The SMILES string of the molecule is CCCCCCCCCCCCCC(=O)N[C@H](CSCC(COC(=O)CCCCCCC)OC(=O)CCCCCCC)C(=O)N[C@@H](CO)C(=O)N[C@@H](CCCCN)C(=O)N[C@@H](CCCCN)C(=O)N[C@@H](CCCCN)C(=O)N[C@@H](CCCCN)C(=O)O. The number of unbranched alkanes of at least 4 members (excludes halogenated alkanes) is 22. The number of nitrogens with one attached hydrogen (secondary N) is 6. The second kappa shape index (κ2) is 56.6. The number of hydrogen-bond acceptors (Lipinski definition) is 17. The minimum atomic E-state index is -1.62. The Morgan fingerprint density at radius 2 is 0.713 bits per heavy atom. The van der Waals surface area contributed by atoms with Crippen LogP contribution in [-0.4, -0.2) is 157 Å². The van der Waals surface area contributed by atoms with Gasteiger partial charge in [0.25, 0.3) is 0 Å². The number of carboxylic acids is 1. The average molecular weight is 1260 g/mol. The highest BCUT2D eigenvalue weighted by Gasteiger charge is 2.34. The molecule has 7 atom stereocenters. The monoisotopic (exact) mass is 1260 g/mol. The number of esters is 2. The van der Waals surface area contributed by atoms with E-state index in [0.717, 1.165) is 77.0 Å². The molecule has 6 amide bonds. The van der Waals surface area contributed by atoms with Crippen LogP contribution < -0.4 is 54.8 Å². The van der Waals surface area contributed by atoms with Crippen LogP contribution in [0.25, 0.3) is 0 Å². The number of ether oxygens (including phenoxy) is 2. The number of carbonyl (C=O) groups excluding carboxylic acids is 8. The smallest absolute Gasteiger partial charge is 0.326 e. The van der Waals surface area contributed by atoms with Crippen LogP contribution in [0.15, 0.2) is 0 Å². The Hall–Kier alpha value is -4.62. The minimum Gasteiger partial charge on any atom is -0.480 e. The van der Waals surface area contributed by atoms with Gasteiger partial charge in [-0.1, -0.05) is 136 Å². The van der Waals surface area contributed by atoms with Crippen molar-refractivity contribution in [3.63, 3.8) is 0 Å². The largest absolute Gasteiger partial charge is 0.480 e. The third kappa shape index (κ3) is 44.5. The highest BCUT2D eigenvalue weighted by atomic mass is 32.2. The van der Waals surface area contributed by atoms with Gasteiger partial charge in [0.2, 0.25) is 35.4 Å². The van der Waals surface area contributed by atoms with Crippen molar-refractivity contribution in [2.24, 2.45) is 22.9 Å². The lowest BCUT2D eigenvalue weighted by Crippen LogP contribution is -2.60. The summed E-state index contributed by atoms with van der Waals surface area (Å²) in [5.74, 6) is -6.45. The van der Waals surface area contributed by atoms with E-state index in [-0.39, 0.29) is 76.1 Å². The third-order valence-corrected chi connectivity index (χ3v) is 16.2. The first-order valence-corrected chi connectivity index (χ1v) is 34.6. The molecular weight excluding hydrogens is 1140 g/mol. The molecule has 87 heavy (non-hydrogen) atoms. The number of carboxylic acid groups (broad SMARTS) is 1. The van der Waals surface area contributed by atoms with E-state index >= 15 is 0 Å². The standard InChI is InChI=1S/C63H120N10O13S/c1-4-7-10-13-14-15-16-17-18-21-22-37-55(75)68-54(47-87-46-48(86-57(77)39-24-20-12-9-6-3)45-85-56(76)38-23-19-11-8-5-2)62(82)73-53(44-74)61(81)71-50(34-26-30-41-65)59(79)69-49(33-25-29-40-64)58(78)70-51(35-27-31-42-66)60(80)72-52(63(83)84)36-28-32-43-67/h48-54,74H,4-47,64-67H2,1-3H3,(H,68,75)(H,69,79)(H,70,78)(H,71,81)(H,72,80)(H,73,82)(H,83,84)/t48?,49-,50-,51-,52-,53-,54+/m0/s1. The Kier molecular flexibility index (Phi) is 53.6. The summed E-state index contributed by atoms with van der Waals surface area (Å²) >= 11 is 1.18. The van der Waals surface area contributed by atoms with E-state index in [1.54, 1.807) is 0 Å². The fraction of sp³-hybridized carbons (Fsp3) is 0.857. The average Bonchev–Trinajstić information content (AvgIpc) is 3.58. The third-order valence-electron chi connectivity index (χ3n) is 15.1. The molecule has 0 fully saturated rings. The molecule has 0 aliphatic rings. The minimum absolute atomic E-state index is 0.0378. The first-order valence-electron chi connectivity index (χ1n) is 33.4. The number of amides is 6. The maximum absolute atomic E-state index is 14.3. The van der Waals surface area contributed by atoms with Crippen molar-refractivity contribution in [3.8, 4) is 0 Å². The number of thioether (sulfide) groups is 1. The van der Waals surface area contributed by atoms with Gasteiger partial charge < -0.3 is 74.5 Å². The van der Waals surface area contributed by atoms with Crippen LogP contribution in [-0.2, 0) is 52.6 Å². The molecular formula is C63H120N10O13S. The number of nitrogens with two attached hydrogens (primary N) is 4. The number of carbonyl (C=O) groups is 9. The lowest BCUT2D eigenvalue weighted by molar-refractivity contribution is -0.157. The zero-order valence-electron chi connectivity index (χ0n) is 53.8. The first-order chi connectivity index (χ1) is 42.0. The molecule has 0 aromatic carbocycles. The fourth-order valence-electron chi connectivity index (χ4n) is 9.67. The summed E-state index contributed by atoms with van der Waals surface area (Å²) < 4.78 is 11.4. The first kappa shape index (κ1) is 82.4. The molecule has 0 radical (unpaired) electrons. The molecule has 0 rings (SSSR count). The van der Waals surface area contributed by atoms with Gasteiger partial charge in [0.05, 0.1) is 6.61 Å². The summed E-state index contributed by atoms with van der Waals surface area (Å²) in [7, 11) is 0. The van der Waals surface area contributed by atoms with Gasteiger partial charge in [-0.05, 0) is 122 Å². The van der Waals surface area contributed by atoms with Gasteiger partial charge in [-0.25, -0.2) is 4.79 Å². The molecule has 0 heterocycles. The maximum Gasteiger partial charge on any atom is 0.326 e. The van der Waals surface area contributed by atoms with Crippen molar-refractivity contribution in [1.29, 1.82) is 0 Å². The van der Waals surface area contributed by atoms with Gasteiger partial charge >= 0.3 is 17.9 Å². The normalized spacial score (nSPS) is 13.7. The number of rotatable bonds is 60. The Morgan fingerprint density at radius 3 is 1.10 bits per heavy atom. The van der Waals surface area contributed by atoms with E-state index in [4.69, 9.17) is 32.4 Å². The predicted molar refractivity (Wildman–Crippen MR) is 344 cm³/mol. The van der Waals surface area contributed by atoms with Crippen LogP contribution >= 0.6 is 11.8 Å². The van der Waals surface area contributed by atoms with Crippen LogP contribution in [0, 0.1) is 0 Å². The molecule has 0 aromatic rings. The summed E-state index contributed by atoms with van der Waals surface area (Å²) in [6, 6.07) is -7.84. The van der Waals surface area contributed by atoms with E-state index < -0.39 is 102 Å². The molecule has 0 aliphatic heterocycles. The maximum atomic E-state index is 14.3. The zero-order valence-corrected chi connectivity index (χ0v) is 54.6. The molecule has 0 saturated heterocycles. The molecule has 0 bridgehead atoms. The van der Waals surface area contributed by atoms with Crippen molar-refractivity contribution < 1.29 is 62.8 Å². The predicted octanol–water partition coefficient (Wildman–Crippen LogP) is 6.10. The Bertz CT molecular complexity index is 1860. The molecule has 0 spiro atoms. The summed E-state index contributed by atoms with van der Waals surface area (Å²) in [4.78, 5) is 122. The van der Waals surface area contributed by atoms with Crippen LogP contribution in [0.2, 0.25) is 0 Å². The molecule has 23 nitrogen and oxygen atoms in total. The Morgan fingerprint density at radius 1 is 0.379 bits per heavy atom. The van der Waals surface area contributed by atoms with Crippen molar-refractivity contribution in [1.82, 2.24) is 31.9 Å². The van der Waals surface area contributed by atoms with E-state index in [2.05, 4.69) is 52.7 Å². The summed E-state index contributed by atoms with van der Waals surface area (Å²) in [6.07, 6.45) is 24.9. The van der Waals surface area contributed by atoms with Gasteiger partial charge in [-0.2, -0.15) is 11.8 Å². The Balaban J connectivity index is 6.63. The van der Waals surface area contributed by atoms with Crippen molar-refractivity contribution in [3.05, 3.63) is 0 Å². The van der Waals surface area contributed by atoms with Crippen LogP contribution in [0.5, 0.6) is 0 Å². The van der Waals surface area contributed by atoms with E-state index in [9.17, 15) is 53.4 Å². The molecule has 0 aromatic heterocycles. The van der Waals surface area contributed by atoms with Gasteiger partial charge in [-0.3, -0.25) is 38.4 Å². The van der Waals surface area contributed by atoms with E-state index in [1.165, 1.54) is 50.3 Å². The van der Waals surface area contributed by atoms with Crippen LogP contribution in [0.4, 0.5) is 0 Å². The lowest BCUT2D eigenvalue weighted by atomic mass is 10.0. The number of aliphatic hydroxyl groups excluding tert-OH is 1. The van der Waals surface area contributed by atoms with Gasteiger partial charge in [0.1, 0.15) is 49.0 Å². The second-order valence-corrected chi connectivity index (χ2v) is 24.1. The van der Waals surface area contributed by atoms with E-state index in [1.807, 2.05) is 0 Å². The van der Waals surface area contributed by atoms with Crippen molar-refractivity contribution >= 4 is 65.1 Å². The van der Waals surface area contributed by atoms with Gasteiger partial charge in [-0.15, -0.1) is 0 Å². The Labute approximate surface area is 525 Å². The van der Waals surface area contributed by atoms with Crippen molar-refractivity contribution in [2.75, 3.05) is 50.9 Å². The molecule has 506 valence electrons. The fourth-order valence-corrected chi connectivity index (χ4v) is 10.7. The van der Waals surface area contributed by atoms with E-state index in [0.29, 0.717) is 83.7 Å². The lowest BCUT2D eigenvalue weighted by Gasteiger charge is -2.27. The van der Waals surface area contributed by atoms with Crippen molar-refractivity contribution in [2.45, 2.75) is 294 Å². The summed E-state index contributed by atoms with van der Waals surface area (Å²) in [5.41, 5.74) is 22.9. The van der Waals surface area contributed by atoms with Gasteiger partial charge in [0.15, 0.2) is 0 Å². The zero-order chi connectivity index (χ0) is 64.7. The number of hydrogen-bond donors (Lipinski definition) is 12. The molecule has 24 heteroatoms.